The number of rotatable bonds is 5. The number of methoxy groups -OCH3 is 1. The van der Waals surface area contributed by atoms with Crippen LogP contribution in [-0.2, 0) is 6.42 Å². The van der Waals surface area contributed by atoms with Crippen LogP contribution in [0.3, 0.4) is 0 Å². The molecular weight excluding hydrogens is 242 g/mol. The van der Waals surface area contributed by atoms with Gasteiger partial charge in [-0.3, -0.25) is 0 Å². The molecule has 102 valence electrons. The summed E-state index contributed by atoms with van der Waals surface area (Å²) in [5, 5.41) is 13.4. The number of nitrogens with two attached hydrogens (primary N) is 1. The molecule has 2 rings (SSSR count). The van der Waals surface area contributed by atoms with Crippen molar-refractivity contribution in [2.24, 2.45) is 5.73 Å². The Kier molecular flexibility index (Phi) is 4.19. The maximum Gasteiger partial charge on any atom is 0.119 e. The summed E-state index contributed by atoms with van der Waals surface area (Å²) in [5.74, 6) is 0.816. The highest BCUT2D eigenvalue weighted by Crippen LogP contribution is 2.18. The number of benzene rings is 1. The third-order valence-electron chi connectivity index (χ3n) is 3.15. The van der Waals surface area contributed by atoms with Gasteiger partial charge in [-0.05, 0) is 43.2 Å². The van der Waals surface area contributed by atoms with Crippen LogP contribution in [0.25, 0.3) is 5.69 Å². The van der Waals surface area contributed by atoms with E-state index in [9.17, 15) is 0 Å². The molecule has 2 aromatic rings. The van der Waals surface area contributed by atoms with E-state index >= 15 is 0 Å². The summed E-state index contributed by atoms with van der Waals surface area (Å²) in [6.45, 7) is 1.98. The van der Waals surface area contributed by atoms with Crippen molar-refractivity contribution in [1.82, 2.24) is 9.78 Å². The van der Waals surface area contributed by atoms with E-state index in [2.05, 4.69) is 5.10 Å². The molecule has 0 fully saturated rings. The van der Waals surface area contributed by atoms with Crippen LogP contribution >= 0.6 is 0 Å². The molecule has 0 spiro atoms. The summed E-state index contributed by atoms with van der Waals surface area (Å²) in [6.07, 6.45) is 2.42. The zero-order chi connectivity index (χ0) is 13.8. The molecule has 0 saturated heterocycles. The summed E-state index contributed by atoms with van der Waals surface area (Å²) >= 11 is 0. The van der Waals surface area contributed by atoms with E-state index in [1.807, 2.05) is 35.9 Å². The van der Waals surface area contributed by atoms with Crippen molar-refractivity contribution in [2.45, 2.75) is 19.4 Å². The second-order valence-electron chi connectivity index (χ2n) is 4.51. The Morgan fingerprint density at radius 1 is 1.37 bits per heavy atom. The van der Waals surface area contributed by atoms with E-state index in [0.29, 0.717) is 6.42 Å². The van der Waals surface area contributed by atoms with Crippen LogP contribution < -0.4 is 10.5 Å². The van der Waals surface area contributed by atoms with E-state index in [1.165, 1.54) is 0 Å². The first-order valence-electron chi connectivity index (χ1n) is 6.20. The molecule has 0 radical (unpaired) electrons. The SMILES string of the molecule is COc1ccc(-n2ncc(CC(N)CO)c2C)cc1. The molecule has 0 bridgehead atoms. The normalized spacial score (nSPS) is 12.4. The fourth-order valence-electron chi connectivity index (χ4n) is 1.97. The van der Waals surface area contributed by atoms with Gasteiger partial charge in [0.2, 0.25) is 0 Å². The van der Waals surface area contributed by atoms with Gasteiger partial charge in [-0.1, -0.05) is 0 Å². The van der Waals surface area contributed by atoms with Crippen LogP contribution in [0.2, 0.25) is 0 Å². The lowest BCUT2D eigenvalue weighted by Crippen LogP contribution is -2.27. The molecule has 5 heteroatoms. The molecule has 5 nitrogen and oxygen atoms in total. The Bertz CT molecular complexity index is 534. The minimum Gasteiger partial charge on any atom is -0.497 e. The monoisotopic (exact) mass is 261 g/mol. The fourth-order valence-corrected chi connectivity index (χ4v) is 1.97. The molecule has 0 amide bonds. The number of hydrogen-bond acceptors (Lipinski definition) is 4. The number of aliphatic hydroxyl groups excluding tert-OH is 1. The van der Waals surface area contributed by atoms with E-state index in [1.54, 1.807) is 13.3 Å². The van der Waals surface area contributed by atoms with Crippen LogP contribution in [0.15, 0.2) is 30.5 Å². The molecule has 0 saturated carbocycles. The topological polar surface area (TPSA) is 73.3 Å². The number of ether oxygens (including phenoxy) is 1. The first-order chi connectivity index (χ1) is 9.15. The smallest absolute Gasteiger partial charge is 0.119 e. The molecule has 3 N–H and O–H groups in total. The van der Waals surface area contributed by atoms with Crippen molar-refractivity contribution < 1.29 is 9.84 Å². The maximum atomic E-state index is 9.00. The highest BCUT2D eigenvalue weighted by Gasteiger charge is 2.11. The molecule has 19 heavy (non-hydrogen) atoms. The lowest BCUT2D eigenvalue weighted by molar-refractivity contribution is 0.265. The number of nitrogens with zero attached hydrogens (tertiary/aromatic N) is 2. The molecule has 1 atom stereocenters. The Hall–Kier alpha value is -1.85. The molecule has 1 unspecified atom stereocenters. The summed E-state index contributed by atoms with van der Waals surface area (Å²) in [4.78, 5) is 0. The van der Waals surface area contributed by atoms with E-state index in [0.717, 1.165) is 22.7 Å². The van der Waals surface area contributed by atoms with Gasteiger partial charge < -0.3 is 15.6 Å². The molecule has 0 aliphatic carbocycles. The van der Waals surface area contributed by atoms with Crippen LogP contribution in [0, 0.1) is 6.92 Å². The fraction of sp³-hybridized carbons (Fsp3) is 0.357. The van der Waals surface area contributed by atoms with Crippen molar-refractivity contribution in [3.63, 3.8) is 0 Å². The zero-order valence-corrected chi connectivity index (χ0v) is 11.2. The number of aliphatic hydroxyl groups is 1. The van der Waals surface area contributed by atoms with Gasteiger partial charge in [0.05, 0.1) is 25.6 Å². The minimum absolute atomic E-state index is 0.0207. The van der Waals surface area contributed by atoms with Crippen LogP contribution in [-0.4, -0.2) is 34.6 Å². The van der Waals surface area contributed by atoms with Crippen LogP contribution in [0.4, 0.5) is 0 Å². The summed E-state index contributed by atoms with van der Waals surface area (Å²) < 4.78 is 6.99. The minimum atomic E-state index is -0.243. The molecule has 0 aliphatic heterocycles. The molecule has 1 aromatic heterocycles. The second-order valence-corrected chi connectivity index (χ2v) is 4.51. The predicted octanol–water partition coefficient (Wildman–Crippen LogP) is 1.05. The average Bonchev–Trinajstić information content (AvgIpc) is 2.80. The van der Waals surface area contributed by atoms with E-state index < -0.39 is 0 Å². The molecule has 1 aromatic carbocycles. The summed E-state index contributed by atoms with van der Waals surface area (Å²) in [5.41, 5.74) is 8.82. The van der Waals surface area contributed by atoms with Crippen LogP contribution in [0.1, 0.15) is 11.3 Å². The van der Waals surface area contributed by atoms with Gasteiger partial charge in [-0.25, -0.2) is 4.68 Å². The number of aromatic nitrogens is 2. The van der Waals surface area contributed by atoms with Gasteiger partial charge >= 0.3 is 0 Å². The third kappa shape index (κ3) is 2.94. The average molecular weight is 261 g/mol. The Morgan fingerprint density at radius 2 is 2.05 bits per heavy atom. The second kappa shape index (κ2) is 5.86. The highest BCUT2D eigenvalue weighted by atomic mass is 16.5. The maximum absolute atomic E-state index is 9.00. The zero-order valence-electron chi connectivity index (χ0n) is 11.2. The van der Waals surface area contributed by atoms with Gasteiger partial charge in [0.15, 0.2) is 0 Å². The molecule has 0 aliphatic rings. The summed E-state index contributed by atoms with van der Waals surface area (Å²) in [6, 6.07) is 7.46. The summed E-state index contributed by atoms with van der Waals surface area (Å²) in [7, 11) is 1.64. The lowest BCUT2D eigenvalue weighted by atomic mass is 10.1. The molecule has 1 heterocycles. The Balaban J connectivity index is 2.25. The first kappa shape index (κ1) is 13.6. The molecular formula is C14H19N3O2. The van der Waals surface area contributed by atoms with Crippen molar-refractivity contribution >= 4 is 0 Å². The highest BCUT2D eigenvalue weighted by molar-refractivity contribution is 5.39. The van der Waals surface area contributed by atoms with Crippen molar-refractivity contribution in [1.29, 1.82) is 0 Å². The predicted molar refractivity (Wildman–Crippen MR) is 73.6 cm³/mol. The third-order valence-corrected chi connectivity index (χ3v) is 3.15. The van der Waals surface area contributed by atoms with Crippen molar-refractivity contribution in [3.05, 3.63) is 41.7 Å². The van der Waals surface area contributed by atoms with Crippen LogP contribution in [0.5, 0.6) is 5.75 Å². The first-order valence-corrected chi connectivity index (χ1v) is 6.20. The Labute approximate surface area is 112 Å². The van der Waals surface area contributed by atoms with Gasteiger partial charge in [0.1, 0.15) is 5.75 Å². The quantitative estimate of drug-likeness (QED) is 0.844. The number of hydrogen-bond donors (Lipinski definition) is 2. The lowest BCUT2D eigenvalue weighted by Gasteiger charge is -2.09. The van der Waals surface area contributed by atoms with Crippen molar-refractivity contribution in [3.8, 4) is 11.4 Å². The largest absolute Gasteiger partial charge is 0.497 e. The van der Waals surface area contributed by atoms with E-state index in [-0.39, 0.29) is 12.6 Å². The Morgan fingerprint density at radius 3 is 2.63 bits per heavy atom. The van der Waals surface area contributed by atoms with E-state index in [4.69, 9.17) is 15.6 Å². The van der Waals surface area contributed by atoms with Gasteiger partial charge in [0.25, 0.3) is 0 Å². The van der Waals surface area contributed by atoms with Gasteiger partial charge in [-0.15, -0.1) is 0 Å². The standard InChI is InChI=1S/C14H19N3O2/c1-10-11(7-12(15)9-18)8-16-17(10)13-3-5-14(19-2)6-4-13/h3-6,8,12,18H,7,9,15H2,1-2H3. The van der Waals surface area contributed by atoms with Gasteiger partial charge in [-0.2, -0.15) is 5.10 Å². The van der Waals surface area contributed by atoms with Gasteiger partial charge in [0, 0.05) is 11.7 Å². The van der Waals surface area contributed by atoms with Crippen molar-refractivity contribution in [2.75, 3.05) is 13.7 Å².